The molecule has 1 aliphatic heterocycles. The highest BCUT2D eigenvalue weighted by atomic mass is 16.6. The van der Waals surface area contributed by atoms with E-state index in [-0.39, 0.29) is 24.4 Å². The van der Waals surface area contributed by atoms with Crippen molar-refractivity contribution in [3.05, 3.63) is 58.6 Å². The molecule has 0 aromatic heterocycles. The second-order valence-electron chi connectivity index (χ2n) is 6.46. The molecule has 27 heavy (non-hydrogen) atoms. The quantitative estimate of drug-likeness (QED) is 0.529. The van der Waals surface area contributed by atoms with Gasteiger partial charge in [0, 0.05) is 12.1 Å². The lowest BCUT2D eigenvalue weighted by atomic mass is 10.1. The zero-order chi connectivity index (χ0) is 19.2. The Morgan fingerprint density at radius 1 is 1.26 bits per heavy atom. The number of non-ortho nitro benzene ring substituents is 1. The summed E-state index contributed by atoms with van der Waals surface area (Å²) < 4.78 is 17.2. The number of benzene rings is 2. The van der Waals surface area contributed by atoms with Gasteiger partial charge in [0.1, 0.15) is 37.7 Å². The van der Waals surface area contributed by atoms with Crippen LogP contribution >= 0.6 is 0 Å². The van der Waals surface area contributed by atoms with Gasteiger partial charge in [-0.3, -0.25) is 10.1 Å². The molecule has 0 unspecified atom stereocenters. The van der Waals surface area contributed by atoms with Gasteiger partial charge in [0.2, 0.25) is 0 Å². The molecular formula is C19H23N2O6+. The van der Waals surface area contributed by atoms with Crippen LogP contribution in [0.4, 0.5) is 5.69 Å². The van der Waals surface area contributed by atoms with Gasteiger partial charge >= 0.3 is 0 Å². The van der Waals surface area contributed by atoms with Gasteiger partial charge in [0.15, 0.2) is 17.6 Å². The number of nitro groups is 1. The van der Waals surface area contributed by atoms with Crippen molar-refractivity contribution in [2.24, 2.45) is 0 Å². The molecule has 8 nitrogen and oxygen atoms in total. The number of quaternary nitrogens is 1. The van der Waals surface area contributed by atoms with E-state index in [2.05, 4.69) is 0 Å². The van der Waals surface area contributed by atoms with E-state index < -0.39 is 11.0 Å². The van der Waals surface area contributed by atoms with E-state index in [1.54, 1.807) is 0 Å². The van der Waals surface area contributed by atoms with E-state index >= 15 is 0 Å². The fourth-order valence-corrected chi connectivity index (χ4v) is 2.74. The number of nitrogens with zero attached hydrogens (tertiary/aromatic N) is 1. The van der Waals surface area contributed by atoms with Crippen molar-refractivity contribution in [3.63, 3.8) is 0 Å². The highest BCUT2D eigenvalue weighted by molar-refractivity contribution is 5.40. The molecule has 0 amide bonds. The van der Waals surface area contributed by atoms with Crippen LogP contribution in [-0.2, 0) is 0 Å². The molecule has 3 rings (SSSR count). The summed E-state index contributed by atoms with van der Waals surface area (Å²) in [5.41, 5.74) is 0.00123. The lowest BCUT2D eigenvalue weighted by Gasteiger charge is -2.29. The maximum Gasteiger partial charge on any atom is 0.269 e. The first-order valence-corrected chi connectivity index (χ1v) is 8.80. The molecule has 144 valence electrons. The zero-order valence-electron chi connectivity index (χ0n) is 15.0. The van der Waals surface area contributed by atoms with Gasteiger partial charge in [-0.2, -0.15) is 0 Å². The molecule has 0 saturated heterocycles. The molecule has 2 aromatic rings. The summed E-state index contributed by atoms with van der Waals surface area (Å²) in [6.07, 6.45) is -0.790. The van der Waals surface area contributed by atoms with E-state index in [1.165, 1.54) is 24.3 Å². The van der Waals surface area contributed by atoms with Crippen molar-refractivity contribution in [1.29, 1.82) is 0 Å². The molecule has 0 fully saturated rings. The van der Waals surface area contributed by atoms with Crippen LogP contribution in [0, 0.1) is 10.1 Å². The molecule has 0 radical (unpaired) electrons. The summed E-state index contributed by atoms with van der Waals surface area (Å²) in [6.45, 7) is 3.03. The fraction of sp³-hybridized carbons (Fsp3) is 0.368. The van der Waals surface area contributed by atoms with E-state index in [0.29, 0.717) is 18.9 Å². The third-order valence-corrected chi connectivity index (χ3v) is 4.39. The summed E-state index contributed by atoms with van der Waals surface area (Å²) in [4.78, 5) is 10.2. The summed E-state index contributed by atoms with van der Waals surface area (Å²) in [5.74, 6) is 1.96. The van der Waals surface area contributed by atoms with Crippen LogP contribution < -0.4 is 19.5 Å². The van der Waals surface area contributed by atoms with Crippen LogP contribution in [0.25, 0.3) is 0 Å². The molecule has 1 heterocycles. The average Bonchev–Trinajstić information content (AvgIpc) is 2.70. The Labute approximate surface area is 156 Å². The van der Waals surface area contributed by atoms with Crippen LogP contribution in [0.1, 0.15) is 6.92 Å². The normalized spacial score (nSPS) is 17.8. The van der Waals surface area contributed by atoms with Crippen molar-refractivity contribution >= 4 is 5.69 Å². The highest BCUT2D eigenvalue weighted by Gasteiger charge is 2.28. The Kier molecular flexibility index (Phi) is 6.10. The molecular weight excluding hydrogens is 352 g/mol. The molecule has 1 aliphatic rings. The van der Waals surface area contributed by atoms with E-state index in [9.17, 15) is 15.2 Å². The number of para-hydroxylation sites is 2. The SMILES string of the molecule is C[C@H]([NH2+]C[C@H](O)COc1ccc([N+](=O)[O-])cc1)[C@@H]1COc2ccccc2O1. The van der Waals surface area contributed by atoms with Gasteiger partial charge in [-0.05, 0) is 31.2 Å². The number of aliphatic hydroxyl groups is 1. The van der Waals surface area contributed by atoms with Gasteiger partial charge in [0.25, 0.3) is 5.69 Å². The molecule has 3 atom stereocenters. The van der Waals surface area contributed by atoms with Crippen LogP contribution in [-0.4, -0.2) is 48.0 Å². The highest BCUT2D eigenvalue weighted by Crippen LogP contribution is 2.31. The summed E-state index contributed by atoms with van der Waals surface area (Å²) in [7, 11) is 0. The maximum atomic E-state index is 10.6. The van der Waals surface area contributed by atoms with Gasteiger partial charge in [-0.25, -0.2) is 0 Å². The first-order valence-electron chi connectivity index (χ1n) is 8.80. The number of ether oxygens (including phenoxy) is 3. The molecule has 0 spiro atoms. The molecule has 8 heteroatoms. The predicted octanol–water partition coefficient (Wildman–Crippen LogP) is 1.13. The van der Waals surface area contributed by atoms with Crippen molar-refractivity contribution in [2.75, 3.05) is 19.8 Å². The topological polar surface area (TPSA) is 108 Å². The first kappa shape index (κ1) is 18.9. The van der Waals surface area contributed by atoms with Crippen molar-refractivity contribution in [3.8, 4) is 17.2 Å². The molecule has 0 bridgehead atoms. The average molecular weight is 375 g/mol. The van der Waals surface area contributed by atoms with Crippen LogP contribution in [0.5, 0.6) is 17.2 Å². The van der Waals surface area contributed by atoms with Crippen LogP contribution in [0.3, 0.4) is 0 Å². The lowest BCUT2D eigenvalue weighted by Crippen LogP contribution is -2.94. The monoisotopic (exact) mass is 375 g/mol. The second-order valence-corrected chi connectivity index (χ2v) is 6.46. The summed E-state index contributed by atoms with van der Waals surface area (Å²) in [5, 5.41) is 22.7. The minimum atomic E-state index is -0.681. The van der Waals surface area contributed by atoms with Crippen LogP contribution in [0.15, 0.2) is 48.5 Å². The molecule has 0 saturated carbocycles. The van der Waals surface area contributed by atoms with Crippen LogP contribution in [0.2, 0.25) is 0 Å². The summed E-state index contributed by atoms with van der Waals surface area (Å²) in [6, 6.07) is 13.4. The first-order chi connectivity index (χ1) is 13.0. The number of rotatable bonds is 8. The number of nitro benzene ring substituents is 1. The smallest absolute Gasteiger partial charge is 0.269 e. The third kappa shape index (κ3) is 5.08. The van der Waals surface area contributed by atoms with E-state index in [0.717, 1.165) is 11.5 Å². The van der Waals surface area contributed by atoms with Crippen molar-refractivity contribution in [2.45, 2.75) is 25.2 Å². The lowest BCUT2D eigenvalue weighted by molar-refractivity contribution is -0.698. The number of aliphatic hydroxyl groups excluding tert-OH is 1. The Morgan fingerprint density at radius 2 is 1.96 bits per heavy atom. The number of nitrogens with two attached hydrogens (primary N) is 1. The molecule has 0 aliphatic carbocycles. The van der Waals surface area contributed by atoms with E-state index in [4.69, 9.17) is 14.2 Å². The van der Waals surface area contributed by atoms with Crippen molar-refractivity contribution in [1.82, 2.24) is 0 Å². The Bertz CT molecular complexity index is 767. The Hall–Kier alpha value is -2.84. The van der Waals surface area contributed by atoms with E-state index in [1.807, 2.05) is 36.5 Å². The zero-order valence-corrected chi connectivity index (χ0v) is 15.0. The Morgan fingerprint density at radius 3 is 2.67 bits per heavy atom. The molecule has 3 N–H and O–H groups in total. The van der Waals surface area contributed by atoms with Crippen molar-refractivity contribution < 1.29 is 29.6 Å². The predicted molar refractivity (Wildman–Crippen MR) is 97.2 cm³/mol. The minimum Gasteiger partial charge on any atom is -0.491 e. The minimum absolute atomic E-state index is 0.00123. The fourth-order valence-electron chi connectivity index (χ4n) is 2.74. The van der Waals surface area contributed by atoms with Gasteiger partial charge < -0.3 is 24.6 Å². The number of hydrogen-bond acceptors (Lipinski definition) is 6. The largest absolute Gasteiger partial charge is 0.491 e. The third-order valence-electron chi connectivity index (χ3n) is 4.39. The second kappa shape index (κ2) is 8.70. The van der Waals surface area contributed by atoms with Gasteiger partial charge in [-0.15, -0.1) is 0 Å². The number of hydrogen-bond donors (Lipinski definition) is 2. The van der Waals surface area contributed by atoms with Gasteiger partial charge in [0.05, 0.1) is 4.92 Å². The maximum absolute atomic E-state index is 10.6. The molecule has 2 aromatic carbocycles. The van der Waals surface area contributed by atoms with Gasteiger partial charge in [-0.1, -0.05) is 12.1 Å². The Balaban J connectivity index is 1.41. The summed E-state index contributed by atoms with van der Waals surface area (Å²) >= 11 is 0. The standard InChI is InChI=1S/C19H22N2O6/c1-13(19-12-26-17-4-2-3-5-18(17)27-19)20-10-15(22)11-25-16-8-6-14(7-9-16)21(23)24/h2-9,13,15,19-20,22H,10-12H2,1H3/p+1/t13-,15-,19-/m0/s1. The number of fused-ring (bicyclic) bond motifs is 1.